The van der Waals surface area contributed by atoms with Gasteiger partial charge >= 0.3 is 0 Å². The topological polar surface area (TPSA) is 80.3 Å². The number of aromatic nitrogens is 3. The van der Waals surface area contributed by atoms with Gasteiger partial charge in [0.25, 0.3) is 0 Å². The van der Waals surface area contributed by atoms with Crippen LogP contribution in [0.25, 0.3) is 22.5 Å². The van der Waals surface area contributed by atoms with Crippen LogP contribution in [0.4, 0.5) is 0 Å². The van der Waals surface area contributed by atoms with E-state index in [1.165, 1.54) is 0 Å². The first-order valence-corrected chi connectivity index (χ1v) is 6.83. The average molecular weight is 295 g/mol. The third kappa shape index (κ3) is 1.96. The molecule has 0 aliphatic carbocycles. The van der Waals surface area contributed by atoms with E-state index < -0.39 is 0 Å². The summed E-state index contributed by atoms with van der Waals surface area (Å²) in [6, 6.07) is 10.8. The fourth-order valence-corrected chi connectivity index (χ4v) is 2.58. The van der Waals surface area contributed by atoms with Gasteiger partial charge in [0, 0.05) is 11.1 Å². The highest BCUT2D eigenvalue weighted by Crippen LogP contribution is 2.40. The van der Waals surface area contributed by atoms with Crippen molar-refractivity contribution in [3.05, 3.63) is 42.0 Å². The fraction of sp³-hybridized carbons (Fsp3) is 0.125. The van der Waals surface area contributed by atoms with Crippen LogP contribution in [0.1, 0.15) is 5.56 Å². The molecule has 110 valence electrons. The summed E-state index contributed by atoms with van der Waals surface area (Å²) in [6.07, 6.45) is 0. The van der Waals surface area contributed by atoms with Crippen molar-refractivity contribution in [2.75, 3.05) is 6.79 Å². The minimum absolute atomic E-state index is 0.219. The number of aromatic amines is 1. The summed E-state index contributed by atoms with van der Waals surface area (Å²) in [5.74, 6) is 1.71. The molecule has 0 saturated heterocycles. The molecule has 0 amide bonds. The zero-order chi connectivity index (χ0) is 15.1. The molecular weight excluding hydrogens is 282 g/mol. The number of fused-ring (bicyclic) bond motifs is 1. The lowest BCUT2D eigenvalue weighted by molar-refractivity contribution is 0.173. The Morgan fingerprint density at radius 3 is 2.73 bits per heavy atom. The maximum absolute atomic E-state index is 9.41. The molecule has 6 nitrogen and oxygen atoms in total. The molecule has 2 heterocycles. The van der Waals surface area contributed by atoms with Gasteiger partial charge in [0.05, 0.1) is 5.69 Å². The predicted octanol–water partition coefficient (Wildman–Crippen LogP) is 2.88. The van der Waals surface area contributed by atoms with Gasteiger partial charge in [-0.3, -0.25) is 5.10 Å². The highest BCUT2D eigenvalue weighted by atomic mass is 16.7. The number of aryl methyl sites for hydroxylation is 1. The standard InChI is InChI=1S/C16H13N3O3/c1-9-6-11(7-13-16(9)22-8-21-13)15-14(17-19-18-15)10-2-4-12(20)5-3-10/h2-7,20H,8H2,1H3,(H,17,18,19). The first-order valence-electron chi connectivity index (χ1n) is 6.83. The molecule has 0 radical (unpaired) electrons. The van der Waals surface area contributed by atoms with Crippen molar-refractivity contribution in [3.8, 4) is 39.8 Å². The van der Waals surface area contributed by atoms with Crippen LogP contribution < -0.4 is 9.47 Å². The monoisotopic (exact) mass is 295 g/mol. The summed E-state index contributed by atoms with van der Waals surface area (Å²) in [6.45, 7) is 2.21. The second kappa shape index (κ2) is 4.77. The van der Waals surface area contributed by atoms with Crippen molar-refractivity contribution in [1.82, 2.24) is 15.4 Å². The van der Waals surface area contributed by atoms with E-state index in [0.717, 1.165) is 39.6 Å². The SMILES string of the molecule is Cc1cc(-c2nn[nH]c2-c2ccc(O)cc2)cc2c1OCO2. The third-order valence-corrected chi connectivity index (χ3v) is 3.64. The lowest BCUT2D eigenvalue weighted by Crippen LogP contribution is -1.93. The molecule has 0 atom stereocenters. The van der Waals surface area contributed by atoms with Crippen LogP contribution in [0.2, 0.25) is 0 Å². The van der Waals surface area contributed by atoms with Gasteiger partial charge in [-0.2, -0.15) is 0 Å². The molecule has 2 aromatic carbocycles. The largest absolute Gasteiger partial charge is 0.508 e. The van der Waals surface area contributed by atoms with Crippen molar-refractivity contribution < 1.29 is 14.6 Å². The number of ether oxygens (including phenoxy) is 2. The number of hydrogen-bond acceptors (Lipinski definition) is 5. The van der Waals surface area contributed by atoms with Gasteiger partial charge < -0.3 is 14.6 Å². The quantitative estimate of drug-likeness (QED) is 0.760. The molecule has 2 N–H and O–H groups in total. The van der Waals surface area contributed by atoms with Gasteiger partial charge in [0.1, 0.15) is 11.4 Å². The van der Waals surface area contributed by atoms with Crippen LogP contribution in [-0.2, 0) is 0 Å². The van der Waals surface area contributed by atoms with Crippen LogP contribution in [0.3, 0.4) is 0 Å². The molecule has 4 rings (SSSR count). The van der Waals surface area contributed by atoms with Crippen LogP contribution >= 0.6 is 0 Å². The van der Waals surface area contributed by atoms with E-state index in [9.17, 15) is 5.11 Å². The Kier molecular flexibility index (Phi) is 2.75. The fourth-order valence-electron chi connectivity index (χ4n) is 2.58. The first kappa shape index (κ1) is 12.7. The molecule has 1 aliphatic rings. The highest BCUT2D eigenvalue weighted by molar-refractivity contribution is 5.79. The van der Waals surface area contributed by atoms with Crippen molar-refractivity contribution in [2.45, 2.75) is 6.92 Å². The van der Waals surface area contributed by atoms with E-state index in [1.54, 1.807) is 12.1 Å². The number of H-pyrrole nitrogens is 1. The summed E-state index contributed by atoms with van der Waals surface area (Å²) >= 11 is 0. The highest BCUT2D eigenvalue weighted by Gasteiger charge is 2.20. The zero-order valence-corrected chi connectivity index (χ0v) is 11.8. The zero-order valence-electron chi connectivity index (χ0n) is 11.8. The van der Waals surface area contributed by atoms with E-state index in [1.807, 2.05) is 31.2 Å². The van der Waals surface area contributed by atoms with E-state index in [0.29, 0.717) is 0 Å². The van der Waals surface area contributed by atoms with Crippen LogP contribution in [-0.4, -0.2) is 27.3 Å². The summed E-state index contributed by atoms with van der Waals surface area (Å²) in [5.41, 5.74) is 4.31. The number of nitrogens with one attached hydrogen (secondary N) is 1. The molecule has 1 aromatic heterocycles. The summed E-state index contributed by atoms with van der Waals surface area (Å²) in [7, 11) is 0. The lowest BCUT2D eigenvalue weighted by atomic mass is 10.0. The Morgan fingerprint density at radius 1 is 1.09 bits per heavy atom. The number of phenolic OH excluding ortho intramolecular Hbond substituents is 1. The number of hydrogen-bond donors (Lipinski definition) is 2. The number of phenols is 1. The molecule has 0 unspecified atom stereocenters. The number of aromatic hydroxyl groups is 1. The summed E-state index contributed by atoms with van der Waals surface area (Å²) in [4.78, 5) is 0. The molecule has 3 aromatic rings. The smallest absolute Gasteiger partial charge is 0.231 e. The van der Waals surface area contributed by atoms with Crippen molar-refractivity contribution in [2.24, 2.45) is 0 Å². The van der Waals surface area contributed by atoms with Crippen LogP contribution in [0, 0.1) is 6.92 Å². The Bertz CT molecular complexity index is 840. The predicted molar refractivity (Wildman–Crippen MR) is 79.8 cm³/mol. The van der Waals surface area contributed by atoms with Gasteiger partial charge in [-0.25, -0.2) is 0 Å². The molecule has 0 saturated carbocycles. The molecule has 6 heteroatoms. The molecular formula is C16H13N3O3. The summed E-state index contributed by atoms with van der Waals surface area (Å²) in [5, 5.41) is 20.4. The van der Waals surface area contributed by atoms with Gasteiger partial charge in [0.2, 0.25) is 6.79 Å². The minimum Gasteiger partial charge on any atom is -0.508 e. The molecule has 0 fully saturated rings. The normalized spacial score (nSPS) is 12.6. The molecule has 22 heavy (non-hydrogen) atoms. The van der Waals surface area contributed by atoms with Gasteiger partial charge in [-0.1, -0.05) is 5.21 Å². The maximum Gasteiger partial charge on any atom is 0.231 e. The van der Waals surface area contributed by atoms with E-state index >= 15 is 0 Å². The number of rotatable bonds is 2. The summed E-state index contributed by atoms with van der Waals surface area (Å²) < 4.78 is 10.9. The van der Waals surface area contributed by atoms with E-state index in [-0.39, 0.29) is 12.5 Å². The average Bonchev–Trinajstić information content (AvgIpc) is 3.16. The van der Waals surface area contributed by atoms with Gasteiger partial charge in [-0.15, -0.1) is 5.10 Å². The van der Waals surface area contributed by atoms with E-state index in [4.69, 9.17) is 9.47 Å². The second-order valence-corrected chi connectivity index (χ2v) is 5.11. The Hall–Kier alpha value is -3.02. The van der Waals surface area contributed by atoms with Gasteiger partial charge in [0.15, 0.2) is 11.5 Å². The van der Waals surface area contributed by atoms with Crippen molar-refractivity contribution in [3.63, 3.8) is 0 Å². The Balaban J connectivity index is 1.83. The van der Waals surface area contributed by atoms with Crippen molar-refractivity contribution >= 4 is 0 Å². The molecule has 0 spiro atoms. The van der Waals surface area contributed by atoms with Crippen LogP contribution in [0.15, 0.2) is 36.4 Å². The van der Waals surface area contributed by atoms with E-state index in [2.05, 4.69) is 15.4 Å². The van der Waals surface area contributed by atoms with Crippen LogP contribution in [0.5, 0.6) is 17.2 Å². The number of nitrogens with zero attached hydrogens (tertiary/aromatic N) is 2. The number of benzene rings is 2. The minimum atomic E-state index is 0.219. The first-order chi connectivity index (χ1) is 10.7. The maximum atomic E-state index is 9.41. The Morgan fingerprint density at radius 2 is 1.91 bits per heavy atom. The van der Waals surface area contributed by atoms with Gasteiger partial charge in [-0.05, 0) is 48.9 Å². The Labute approximate surface area is 126 Å². The third-order valence-electron chi connectivity index (χ3n) is 3.64. The lowest BCUT2D eigenvalue weighted by Gasteiger charge is -2.06. The molecule has 1 aliphatic heterocycles. The van der Waals surface area contributed by atoms with Crippen molar-refractivity contribution in [1.29, 1.82) is 0 Å². The second-order valence-electron chi connectivity index (χ2n) is 5.11. The molecule has 0 bridgehead atoms.